The summed E-state index contributed by atoms with van der Waals surface area (Å²) >= 11 is 1.76. The molecule has 1 fully saturated rings. The Balaban J connectivity index is 1.66. The maximum absolute atomic E-state index is 4.82. The van der Waals surface area contributed by atoms with E-state index in [2.05, 4.69) is 57.1 Å². The molecule has 1 atom stereocenters. The van der Waals surface area contributed by atoms with E-state index in [0.29, 0.717) is 18.5 Å². The van der Waals surface area contributed by atoms with Crippen LogP contribution in [-0.2, 0) is 20.1 Å². The molecule has 2 aromatic rings. The first-order valence-corrected chi connectivity index (χ1v) is 12.1. The molecule has 3 rings (SSSR count). The second-order valence-electron chi connectivity index (χ2n) is 8.46. The number of likely N-dealkylation sites (tertiary alicyclic amines) is 1. The zero-order chi connectivity index (χ0) is 21.3. The summed E-state index contributed by atoms with van der Waals surface area (Å²) in [6.45, 7) is 11.2. The lowest BCUT2D eigenvalue weighted by molar-refractivity contribution is 0.161. The van der Waals surface area contributed by atoms with E-state index in [1.165, 1.54) is 43.6 Å². The molecule has 3 heterocycles. The molecule has 0 aromatic carbocycles. The van der Waals surface area contributed by atoms with Crippen LogP contribution in [-0.4, -0.2) is 51.3 Å². The van der Waals surface area contributed by atoms with Crippen LogP contribution >= 0.6 is 11.3 Å². The smallest absolute Gasteiger partial charge is 0.192 e. The van der Waals surface area contributed by atoms with E-state index >= 15 is 0 Å². The molecule has 1 saturated heterocycles. The van der Waals surface area contributed by atoms with Gasteiger partial charge >= 0.3 is 0 Å². The first kappa shape index (κ1) is 22.7. The van der Waals surface area contributed by atoms with Gasteiger partial charge in [0.1, 0.15) is 12.4 Å². The zero-order valence-corrected chi connectivity index (χ0v) is 19.7. The van der Waals surface area contributed by atoms with E-state index in [0.717, 1.165) is 30.7 Å². The summed E-state index contributed by atoms with van der Waals surface area (Å²) in [5, 5.41) is 17.6. The predicted octanol–water partition coefficient (Wildman–Crippen LogP) is 3.32. The Hall–Kier alpha value is -1.93. The third-order valence-electron chi connectivity index (χ3n) is 5.93. The largest absolute Gasteiger partial charge is 0.355 e. The minimum atomic E-state index is 0.507. The number of thiophene rings is 1. The second-order valence-corrected chi connectivity index (χ2v) is 9.49. The molecular weight excluding hydrogens is 394 g/mol. The first-order valence-electron chi connectivity index (χ1n) is 11.2. The molecule has 2 aromatic heterocycles. The Morgan fingerprint density at radius 3 is 2.53 bits per heavy atom. The molecule has 0 spiro atoms. The van der Waals surface area contributed by atoms with E-state index in [4.69, 9.17) is 4.99 Å². The number of hydrogen-bond donors (Lipinski definition) is 2. The van der Waals surface area contributed by atoms with Gasteiger partial charge in [-0.05, 0) is 50.2 Å². The molecule has 7 nitrogen and oxygen atoms in total. The van der Waals surface area contributed by atoms with Gasteiger partial charge in [-0.3, -0.25) is 4.90 Å². The van der Waals surface area contributed by atoms with Crippen molar-refractivity contribution in [2.75, 3.05) is 19.6 Å². The van der Waals surface area contributed by atoms with Crippen LogP contribution in [0.5, 0.6) is 0 Å². The van der Waals surface area contributed by atoms with E-state index in [-0.39, 0.29) is 0 Å². The molecule has 8 heteroatoms. The van der Waals surface area contributed by atoms with Crippen molar-refractivity contribution in [2.24, 2.45) is 18.0 Å². The van der Waals surface area contributed by atoms with Gasteiger partial charge in [-0.25, -0.2) is 4.99 Å². The molecular formula is C22H37N7S. The third kappa shape index (κ3) is 6.54. The number of nitrogens with zero attached hydrogens (tertiary/aromatic N) is 5. The summed E-state index contributed by atoms with van der Waals surface area (Å²) in [5.41, 5.74) is 0. The molecule has 1 aliphatic rings. The fourth-order valence-electron chi connectivity index (χ4n) is 3.91. The number of aromatic nitrogens is 3. The molecule has 166 valence electrons. The van der Waals surface area contributed by atoms with Crippen molar-refractivity contribution in [3.63, 3.8) is 0 Å². The Morgan fingerprint density at radius 1 is 1.17 bits per heavy atom. The summed E-state index contributed by atoms with van der Waals surface area (Å²) in [6, 6.07) is 4.74. The molecule has 1 aliphatic heterocycles. The van der Waals surface area contributed by atoms with Crippen LogP contribution in [0.25, 0.3) is 0 Å². The van der Waals surface area contributed by atoms with Crippen molar-refractivity contribution < 1.29 is 0 Å². The first-order chi connectivity index (χ1) is 14.5. The van der Waals surface area contributed by atoms with E-state index < -0.39 is 0 Å². The Bertz CT molecular complexity index is 774. The minimum Gasteiger partial charge on any atom is -0.355 e. The maximum atomic E-state index is 4.82. The molecule has 0 radical (unpaired) electrons. The van der Waals surface area contributed by atoms with Crippen LogP contribution < -0.4 is 10.6 Å². The van der Waals surface area contributed by atoms with Gasteiger partial charge in [-0.2, -0.15) is 0 Å². The number of aryl methyl sites for hydroxylation is 1. The highest BCUT2D eigenvalue weighted by molar-refractivity contribution is 7.09. The van der Waals surface area contributed by atoms with Gasteiger partial charge in [-0.1, -0.05) is 32.8 Å². The van der Waals surface area contributed by atoms with Gasteiger partial charge in [0.15, 0.2) is 11.8 Å². The standard InChI is InChI=1S/C22H37N7S/c1-17(2)20(29-11-7-5-6-8-12-29)15-24-22(23-14-19-10-9-13-30-19)25-16-21-27-26-18(3)28(21)4/h9-10,13,17,20H,5-8,11-12,14-16H2,1-4H3,(H2,23,24,25). The monoisotopic (exact) mass is 431 g/mol. The van der Waals surface area contributed by atoms with Gasteiger partial charge in [0.25, 0.3) is 0 Å². The van der Waals surface area contributed by atoms with Crippen LogP contribution in [0.1, 0.15) is 56.1 Å². The molecule has 0 aliphatic carbocycles. The average Bonchev–Trinajstić information content (AvgIpc) is 3.26. The number of aliphatic imine (C=N–C) groups is 1. The van der Waals surface area contributed by atoms with E-state index in [1.54, 1.807) is 11.3 Å². The highest BCUT2D eigenvalue weighted by atomic mass is 32.1. The van der Waals surface area contributed by atoms with Crippen LogP contribution in [0.15, 0.2) is 22.5 Å². The molecule has 30 heavy (non-hydrogen) atoms. The van der Waals surface area contributed by atoms with Gasteiger partial charge < -0.3 is 15.2 Å². The summed E-state index contributed by atoms with van der Waals surface area (Å²) < 4.78 is 1.99. The van der Waals surface area contributed by atoms with Crippen LogP contribution in [0.3, 0.4) is 0 Å². The Kier molecular flexibility index (Phi) is 8.69. The van der Waals surface area contributed by atoms with E-state index in [9.17, 15) is 0 Å². The normalized spacial score (nSPS) is 17.2. The molecule has 0 amide bonds. The van der Waals surface area contributed by atoms with Gasteiger partial charge in [0.2, 0.25) is 0 Å². The summed E-state index contributed by atoms with van der Waals surface area (Å²) in [7, 11) is 1.99. The molecule has 2 N–H and O–H groups in total. The Labute approximate surface area is 185 Å². The van der Waals surface area contributed by atoms with Gasteiger partial charge in [0.05, 0.1) is 6.54 Å². The lowest BCUT2D eigenvalue weighted by Gasteiger charge is -2.34. The van der Waals surface area contributed by atoms with Crippen molar-refractivity contribution in [1.29, 1.82) is 0 Å². The van der Waals surface area contributed by atoms with Crippen LogP contribution in [0.2, 0.25) is 0 Å². The summed E-state index contributed by atoms with van der Waals surface area (Å²) in [4.78, 5) is 8.79. The summed E-state index contributed by atoms with van der Waals surface area (Å²) in [6.07, 6.45) is 5.35. The van der Waals surface area contributed by atoms with Crippen molar-refractivity contribution in [1.82, 2.24) is 30.3 Å². The predicted molar refractivity (Wildman–Crippen MR) is 125 cm³/mol. The zero-order valence-electron chi connectivity index (χ0n) is 18.9. The molecule has 1 unspecified atom stereocenters. The van der Waals surface area contributed by atoms with Crippen LogP contribution in [0, 0.1) is 12.8 Å². The van der Waals surface area contributed by atoms with Crippen molar-refractivity contribution in [2.45, 2.75) is 65.6 Å². The summed E-state index contributed by atoms with van der Waals surface area (Å²) in [5.74, 6) is 3.21. The SMILES string of the molecule is Cc1nnc(CN=C(NCc2cccs2)NCC(C(C)C)N2CCCCCC2)n1C. The number of rotatable bonds is 8. The highest BCUT2D eigenvalue weighted by Gasteiger charge is 2.23. The number of nitrogens with one attached hydrogen (secondary N) is 2. The molecule has 0 saturated carbocycles. The second kappa shape index (κ2) is 11.5. The average molecular weight is 432 g/mol. The fourth-order valence-corrected chi connectivity index (χ4v) is 4.56. The lowest BCUT2D eigenvalue weighted by Crippen LogP contribution is -2.49. The topological polar surface area (TPSA) is 70.4 Å². The van der Waals surface area contributed by atoms with E-state index in [1.807, 2.05) is 18.5 Å². The van der Waals surface area contributed by atoms with Crippen molar-refractivity contribution >= 4 is 17.3 Å². The van der Waals surface area contributed by atoms with Crippen molar-refractivity contribution in [3.8, 4) is 0 Å². The third-order valence-corrected chi connectivity index (χ3v) is 6.81. The van der Waals surface area contributed by atoms with Crippen LogP contribution in [0.4, 0.5) is 0 Å². The van der Waals surface area contributed by atoms with Crippen molar-refractivity contribution in [3.05, 3.63) is 34.0 Å². The lowest BCUT2D eigenvalue weighted by atomic mass is 10.0. The van der Waals surface area contributed by atoms with Gasteiger partial charge in [-0.15, -0.1) is 21.5 Å². The quantitative estimate of drug-likeness (QED) is 0.496. The highest BCUT2D eigenvalue weighted by Crippen LogP contribution is 2.17. The molecule has 0 bridgehead atoms. The van der Waals surface area contributed by atoms with Gasteiger partial charge in [0, 0.05) is 24.5 Å². The minimum absolute atomic E-state index is 0.507. The Morgan fingerprint density at radius 2 is 1.93 bits per heavy atom. The fraction of sp³-hybridized carbons (Fsp3) is 0.682. The maximum Gasteiger partial charge on any atom is 0.192 e. The number of hydrogen-bond acceptors (Lipinski definition) is 5. The number of guanidine groups is 1.